The molecule has 0 radical (unpaired) electrons. The lowest BCUT2D eigenvalue weighted by molar-refractivity contribution is 0.112. The van der Waals surface area contributed by atoms with Crippen molar-refractivity contribution in [3.05, 3.63) is 28.8 Å². The van der Waals surface area contributed by atoms with Gasteiger partial charge in [-0.3, -0.25) is 4.79 Å². The number of rotatable bonds is 1. The van der Waals surface area contributed by atoms with Crippen molar-refractivity contribution >= 4 is 6.29 Å². The highest BCUT2D eigenvalue weighted by molar-refractivity contribution is 5.78. The molecule has 0 unspecified atom stereocenters. The van der Waals surface area contributed by atoms with Crippen LogP contribution in [0.4, 0.5) is 0 Å². The van der Waals surface area contributed by atoms with E-state index in [9.17, 15) is 4.79 Å². The first-order valence-corrected chi connectivity index (χ1v) is 5.28. The molecule has 2 rings (SSSR count). The van der Waals surface area contributed by atoms with Gasteiger partial charge in [0.15, 0.2) is 0 Å². The molecule has 15 heavy (non-hydrogen) atoms. The van der Waals surface area contributed by atoms with Gasteiger partial charge >= 0.3 is 0 Å². The standard InChI is InChI=1S/C13H16O2/c1-9-6-12-11(7-10(9)8-14)13(2,3)4-5-15-12/h6-8H,4-5H2,1-3H3. The Morgan fingerprint density at radius 1 is 1.40 bits per heavy atom. The first-order chi connectivity index (χ1) is 7.04. The summed E-state index contributed by atoms with van der Waals surface area (Å²) in [5.74, 6) is 0.939. The van der Waals surface area contributed by atoms with Gasteiger partial charge in [-0.25, -0.2) is 0 Å². The number of hydrogen-bond donors (Lipinski definition) is 0. The molecule has 0 N–H and O–H groups in total. The SMILES string of the molecule is Cc1cc2c(cc1C=O)C(C)(C)CCO2. The molecule has 0 saturated carbocycles. The molecule has 0 saturated heterocycles. The Morgan fingerprint density at radius 3 is 2.80 bits per heavy atom. The number of fused-ring (bicyclic) bond motifs is 1. The topological polar surface area (TPSA) is 26.3 Å². The van der Waals surface area contributed by atoms with Gasteiger partial charge in [-0.2, -0.15) is 0 Å². The smallest absolute Gasteiger partial charge is 0.150 e. The van der Waals surface area contributed by atoms with Crippen molar-refractivity contribution in [2.45, 2.75) is 32.6 Å². The monoisotopic (exact) mass is 204 g/mol. The summed E-state index contributed by atoms with van der Waals surface area (Å²) in [5.41, 5.74) is 3.02. The first kappa shape index (κ1) is 10.2. The van der Waals surface area contributed by atoms with Gasteiger partial charge in [0.2, 0.25) is 0 Å². The van der Waals surface area contributed by atoms with Crippen LogP contribution in [0.3, 0.4) is 0 Å². The Hall–Kier alpha value is -1.31. The normalized spacial score (nSPS) is 17.8. The number of ether oxygens (including phenoxy) is 1. The van der Waals surface area contributed by atoms with E-state index in [2.05, 4.69) is 13.8 Å². The molecular formula is C13H16O2. The van der Waals surface area contributed by atoms with E-state index in [0.717, 1.165) is 41.8 Å². The minimum Gasteiger partial charge on any atom is -0.493 e. The van der Waals surface area contributed by atoms with E-state index in [1.807, 2.05) is 19.1 Å². The van der Waals surface area contributed by atoms with Gasteiger partial charge in [-0.05, 0) is 36.5 Å². The van der Waals surface area contributed by atoms with Gasteiger partial charge in [-0.1, -0.05) is 13.8 Å². The molecule has 1 aromatic rings. The van der Waals surface area contributed by atoms with Gasteiger partial charge in [0.25, 0.3) is 0 Å². The Balaban J connectivity index is 2.61. The maximum atomic E-state index is 10.9. The lowest BCUT2D eigenvalue weighted by Gasteiger charge is -2.32. The molecular weight excluding hydrogens is 188 g/mol. The number of aldehydes is 1. The van der Waals surface area contributed by atoms with Crippen LogP contribution in [0.15, 0.2) is 12.1 Å². The molecule has 80 valence electrons. The molecule has 1 aromatic carbocycles. The van der Waals surface area contributed by atoms with E-state index in [0.29, 0.717) is 0 Å². The van der Waals surface area contributed by atoms with Crippen molar-refractivity contribution in [3.8, 4) is 5.75 Å². The third-order valence-corrected chi connectivity index (χ3v) is 3.21. The second-order valence-corrected chi connectivity index (χ2v) is 4.81. The van der Waals surface area contributed by atoms with Gasteiger partial charge in [0.05, 0.1) is 6.61 Å². The van der Waals surface area contributed by atoms with Gasteiger partial charge < -0.3 is 4.74 Å². The van der Waals surface area contributed by atoms with Crippen molar-refractivity contribution < 1.29 is 9.53 Å². The van der Waals surface area contributed by atoms with Crippen molar-refractivity contribution in [2.75, 3.05) is 6.61 Å². The summed E-state index contributed by atoms with van der Waals surface area (Å²) in [6, 6.07) is 3.94. The lowest BCUT2D eigenvalue weighted by Crippen LogP contribution is -2.26. The van der Waals surface area contributed by atoms with Gasteiger partial charge in [-0.15, -0.1) is 0 Å². The molecule has 0 amide bonds. The first-order valence-electron chi connectivity index (χ1n) is 5.28. The van der Waals surface area contributed by atoms with Crippen LogP contribution in [0.5, 0.6) is 5.75 Å². The Morgan fingerprint density at radius 2 is 2.13 bits per heavy atom. The number of aryl methyl sites for hydroxylation is 1. The quantitative estimate of drug-likeness (QED) is 0.657. The van der Waals surface area contributed by atoms with Crippen LogP contribution < -0.4 is 4.74 Å². The fourth-order valence-corrected chi connectivity index (χ4v) is 2.02. The molecule has 0 atom stereocenters. The largest absolute Gasteiger partial charge is 0.493 e. The molecule has 0 aromatic heterocycles. The van der Waals surface area contributed by atoms with Crippen LogP contribution in [0.1, 0.15) is 41.8 Å². The van der Waals surface area contributed by atoms with Crippen molar-refractivity contribution in [2.24, 2.45) is 0 Å². The molecule has 2 nitrogen and oxygen atoms in total. The summed E-state index contributed by atoms with van der Waals surface area (Å²) in [7, 11) is 0. The average molecular weight is 204 g/mol. The minimum atomic E-state index is 0.110. The second kappa shape index (κ2) is 3.37. The Labute approximate surface area is 90.3 Å². The van der Waals surface area contributed by atoms with Crippen LogP contribution in [0.25, 0.3) is 0 Å². The molecule has 0 spiro atoms. The molecule has 1 aliphatic rings. The molecule has 1 aliphatic heterocycles. The van der Waals surface area contributed by atoms with E-state index in [1.165, 1.54) is 0 Å². The second-order valence-electron chi connectivity index (χ2n) is 4.81. The van der Waals surface area contributed by atoms with E-state index < -0.39 is 0 Å². The summed E-state index contributed by atoms with van der Waals surface area (Å²) < 4.78 is 5.62. The summed E-state index contributed by atoms with van der Waals surface area (Å²) >= 11 is 0. The van der Waals surface area contributed by atoms with Crippen LogP contribution in [-0.4, -0.2) is 12.9 Å². The summed E-state index contributed by atoms with van der Waals surface area (Å²) in [6.45, 7) is 7.09. The maximum Gasteiger partial charge on any atom is 0.150 e. The number of carbonyl (C=O) groups excluding carboxylic acids is 1. The minimum absolute atomic E-state index is 0.110. The van der Waals surface area contributed by atoms with Crippen LogP contribution in [0, 0.1) is 6.92 Å². The van der Waals surface area contributed by atoms with Crippen LogP contribution in [-0.2, 0) is 5.41 Å². The van der Waals surface area contributed by atoms with E-state index in [-0.39, 0.29) is 5.41 Å². The van der Waals surface area contributed by atoms with Crippen molar-refractivity contribution in [1.29, 1.82) is 0 Å². The molecule has 0 aliphatic carbocycles. The van der Waals surface area contributed by atoms with Gasteiger partial charge in [0.1, 0.15) is 12.0 Å². The molecule has 1 heterocycles. The maximum absolute atomic E-state index is 10.9. The third kappa shape index (κ3) is 1.65. The van der Waals surface area contributed by atoms with E-state index in [4.69, 9.17) is 4.74 Å². The number of hydrogen-bond acceptors (Lipinski definition) is 2. The van der Waals surface area contributed by atoms with Crippen LogP contribution >= 0.6 is 0 Å². The zero-order chi connectivity index (χ0) is 11.1. The van der Waals surface area contributed by atoms with Crippen molar-refractivity contribution in [1.82, 2.24) is 0 Å². The molecule has 0 fully saturated rings. The van der Waals surface area contributed by atoms with Crippen molar-refractivity contribution in [3.63, 3.8) is 0 Å². The highest BCUT2D eigenvalue weighted by Crippen LogP contribution is 2.39. The summed E-state index contributed by atoms with van der Waals surface area (Å²) in [4.78, 5) is 10.9. The summed E-state index contributed by atoms with van der Waals surface area (Å²) in [5, 5.41) is 0. The Bertz CT molecular complexity index is 405. The number of carbonyl (C=O) groups is 1. The fraction of sp³-hybridized carbons (Fsp3) is 0.462. The predicted octanol–water partition coefficient (Wildman–Crippen LogP) is 2.87. The fourth-order valence-electron chi connectivity index (χ4n) is 2.02. The zero-order valence-electron chi connectivity index (χ0n) is 9.46. The highest BCUT2D eigenvalue weighted by atomic mass is 16.5. The molecule has 0 bridgehead atoms. The van der Waals surface area contributed by atoms with E-state index >= 15 is 0 Å². The van der Waals surface area contributed by atoms with Crippen LogP contribution in [0.2, 0.25) is 0 Å². The highest BCUT2D eigenvalue weighted by Gasteiger charge is 2.29. The summed E-state index contributed by atoms with van der Waals surface area (Å²) in [6.07, 6.45) is 1.92. The molecule has 2 heteroatoms. The Kier molecular flexibility index (Phi) is 2.29. The predicted molar refractivity (Wildman–Crippen MR) is 59.7 cm³/mol. The van der Waals surface area contributed by atoms with Gasteiger partial charge in [0, 0.05) is 11.1 Å². The number of benzene rings is 1. The van der Waals surface area contributed by atoms with E-state index in [1.54, 1.807) is 0 Å². The average Bonchev–Trinajstić information content (AvgIpc) is 2.16. The lowest BCUT2D eigenvalue weighted by atomic mass is 9.79. The zero-order valence-corrected chi connectivity index (χ0v) is 9.46. The third-order valence-electron chi connectivity index (χ3n) is 3.21.